The minimum absolute atomic E-state index is 0.109. The molecule has 0 bridgehead atoms. The number of hydrogen-bond donors (Lipinski definition) is 0. The summed E-state index contributed by atoms with van der Waals surface area (Å²) in [6.45, 7) is 4.59. The fraction of sp³-hybridized carbons (Fsp3) is 0.382. The Morgan fingerprint density at radius 2 is 1.77 bits per heavy atom. The number of carbonyl (C=O) groups is 1. The van der Waals surface area contributed by atoms with Crippen LogP contribution in [0.5, 0.6) is 5.75 Å². The molecule has 3 aromatic carbocycles. The van der Waals surface area contributed by atoms with Gasteiger partial charge in [-0.2, -0.15) is 0 Å². The molecule has 0 spiro atoms. The van der Waals surface area contributed by atoms with E-state index in [-0.39, 0.29) is 35.0 Å². The average molecular weight is 549 g/mol. The third kappa shape index (κ3) is 6.11. The molecule has 6 heteroatoms. The van der Waals surface area contributed by atoms with Crippen molar-refractivity contribution < 1.29 is 27.4 Å². The molecule has 0 saturated heterocycles. The predicted molar refractivity (Wildman–Crippen MR) is 151 cm³/mol. The number of benzene rings is 3. The highest BCUT2D eigenvalue weighted by molar-refractivity contribution is 5.85. The number of allylic oxidation sites excluding steroid dienone is 2. The SMILES string of the molecule is COC(=O)C[C@H](c1cccc(OCc2ccc(-c3cc(C(F)F)ccc3F)c(C3=CCCC3(C)C)c2)c1)C1CC1. The van der Waals surface area contributed by atoms with Gasteiger partial charge in [-0.05, 0) is 101 Å². The topological polar surface area (TPSA) is 35.5 Å². The molecule has 0 N–H and O–H groups in total. The van der Waals surface area contributed by atoms with E-state index in [1.165, 1.54) is 13.2 Å². The van der Waals surface area contributed by atoms with E-state index in [1.54, 1.807) is 0 Å². The molecule has 0 amide bonds. The van der Waals surface area contributed by atoms with Crippen LogP contribution in [-0.4, -0.2) is 13.1 Å². The molecule has 210 valence electrons. The minimum Gasteiger partial charge on any atom is -0.489 e. The van der Waals surface area contributed by atoms with Crippen LogP contribution in [0.4, 0.5) is 13.2 Å². The Morgan fingerprint density at radius 3 is 2.45 bits per heavy atom. The Kier molecular flexibility index (Phi) is 8.07. The standard InChI is InChI=1S/C34H35F3O3/c1-34(2)15-5-8-30(34)28-16-21(9-13-26(28)29-18-24(33(36)37)12-14-31(29)35)20-40-25-7-4-6-23(17-25)27(22-10-11-22)19-32(38)39-3/h4,6-9,12-14,16-18,22,27,33H,5,10-11,15,19-20H2,1-3H3/t27-/m0/s1. The van der Waals surface area contributed by atoms with Gasteiger partial charge in [-0.1, -0.05) is 50.3 Å². The van der Waals surface area contributed by atoms with Crippen molar-refractivity contribution in [3.63, 3.8) is 0 Å². The summed E-state index contributed by atoms with van der Waals surface area (Å²) in [5, 5.41) is 0. The number of rotatable bonds is 10. The first-order chi connectivity index (χ1) is 19.2. The van der Waals surface area contributed by atoms with Crippen molar-refractivity contribution >= 4 is 11.5 Å². The molecule has 3 nitrogen and oxygen atoms in total. The van der Waals surface area contributed by atoms with Crippen molar-refractivity contribution in [1.29, 1.82) is 0 Å². The Balaban J connectivity index is 1.44. The van der Waals surface area contributed by atoms with Crippen LogP contribution in [0.1, 0.15) is 80.5 Å². The van der Waals surface area contributed by atoms with Crippen LogP contribution in [-0.2, 0) is 16.1 Å². The minimum atomic E-state index is -2.68. The number of ether oxygens (including phenoxy) is 2. The van der Waals surface area contributed by atoms with Gasteiger partial charge in [0.2, 0.25) is 0 Å². The molecule has 3 aromatic rings. The lowest BCUT2D eigenvalue weighted by Crippen LogP contribution is -2.11. The van der Waals surface area contributed by atoms with Crippen molar-refractivity contribution in [2.45, 2.75) is 64.9 Å². The molecule has 1 atom stereocenters. The van der Waals surface area contributed by atoms with Crippen LogP contribution in [0.3, 0.4) is 0 Å². The fourth-order valence-corrected chi connectivity index (χ4v) is 5.81. The second-order valence-corrected chi connectivity index (χ2v) is 11.5. The quantitative estimate of drug-likeness (QED) is 0.237. The van der Waals surface area contributed by atoms with Gasteiger partial charge in [-0.25, -0.2) is 13.2 Å². The maximum absolute atomic E-state index is 15.0. The van der Waals surface area contributed by atoms with E-state index in [4.69, 9.17) is 9.47 Å². The lowest BCUT2D eigenvalue weighted by molar-refractivity contribution is -0.141. The van der Waals surface area contributed by atoms with Gasteiger partial charge >= 0.3 is 5.97 Å². The van der Waals surface area contributed by atoms with Crippen LogP contribution >= 0.6 is 0 Å². The van der Waals surface area contributed by atoms with E-state index in [0.29, 0.717) is 23.7 Å². The van der Waals surface area contributed by atoms with Crippen LogP contribution in [0.25, 0.3) is 16.7 Å². The highest BCUT2D eigenvalue weighted by Crippen LogP contribution is 2.48. The maximum Gasteiger partial charge on any atom is 0.306 e. The van der Waals surface area contributed by atoms with Crippen molar-refractivity contribution in [3.05, 3.63) is 94.8 Å². The molecule has 0 unspecified atom stereocenters. The largest absolute Gasteiger partial charge is 0.489 e. The molecule has 0 aromatic heterocycles. The van der Waals surface area contributed by atoms with E-state index in [0.717, 1.165) is 60.1 Å². The van der Waals surface area contributed by atoms with Gasteiger partial charge < -0.3 is 9.47 Å². The second-order valence-electron chi connectivity index (χ2n) is 11.5. The van der Waals surface area contributed by atoms with Crippen molar-refractivity contribution in [2.75, 3.05) is 7.11 Å². The smallest absolute Gasteiger partial charge is 0.306 e. The summed E-state index contributed by atoms with van der Waals surface area (Å²) in [6.07, 6.45) is 3.92. The fourth-order valence-electron chi connectivity index (χ4n) is 5.81. The summed E-state index contributed by atoms with van der Waals surface area (Å²) in [5.41, 5.74) is 4.33. The summed E-state index contributed by atoms with van der Waals surface area (Å²) in [7, 11) is 1.41. The van der Waals surface area contributed by atoms with Gasteiger partial charge in [-0.3, -0.25) is 4.79 Å². The highest BCUT2D eigenvalue weighted by atomic mass is 19.3. The highest BCUT2D eigenvalue weighted by Gasteiger charge is 2.34. The first-order valence-corrected chi connectivity index (χ1v) is 13.9. The summed E-state index contributed by atoms with van der Waals surface area (Å²) in [6, 6.07) is 17.1. The zero-order chi connectivity index (χ0) is 28.4. The van der Waals surface area contributed by atoms with Crippen LogP contribution in [0.2, 0.25) is 0 Å². The third-order valence-electron chi connectivity index (χ3n) is 8.25. The number of halogens is 3. The number of methoxy groups -OCH3 is 1. The molecule has 40 heavy (non-hydrogen) atoms. The lowest BCUT2D eigenvalue weighted by Gasteiger charge is -2.25. The average Bonchev–Trinajstić information content (AvgIpc) is 3.72. The first kappa shape index (κ1) is 28.0. The molecule has 5 rings (SSSR count). The van der Waals surface area contributed by atoms with Crippen LogP contribution in [0.15, 0.2) is 66.7 Å². The van der Waals surface area contributed by atoms with Crippen molar-refractivity contribution in [2.24, 2.45) is 11.3 Å². The number of esters is 1. The predicted octanol–water partition coefficient (Wildman–Crippen LogP) is 9.27. The first-order valence-electron chi connectivity index (χ1n) is 13.9. The zero-order valence-corrected chi connectivity index (χ0v) is 23.2. The van der Waals surface area contributed by atoms with Gasteiger partial charge in [0.25, 0.3) is 6.43 Å². The summed E-state index contributed by atoms with van der Waals surface area (Å²) in [5.74, 6) is 0.555. The van der Waals surface area contributed by atoms with E-state index >= 15 is 0 Å². The number of hydrogen-bond acceptors (Lipinski definition) is 3. The Hall–Kier alpha value is -3.54. The summed E-state index contributed by atoms with van der Waals surface area (Å²) in [4.78, 5) is 12.0. The van der Waals surface area contributed by atoms with E-state index < -0.39 is 12.2 Å². The third-order valence-corrected chi connectivity index (χ3v) is 8.25. The summed E-state index contributed by atoms with van der Waals surface area (Å²) >= 11 is 0. The molecule has 1 saturated carbocycles. The summed E-state index contributed by atoms with van der Waals surface area (Å²) < 4.78 is 53.1. The monoisotopic (exact) mass is 548 g/mol. The Labute approximate surface area is 234 Å². The Morgan fingerprint density at radius 1 is 0.975 bits per heavy atom. The second kappa shape index (κ2) is 11.5. The van der Waals surface area contributed by atoms with Gasteiger partial charge in [0, 0.05) is 11.1 Å². The van der Waals surface area contributed by atoms with E-state index in [9.17, 15) is 18.0 Å². The van der Waals surface area contributed by atoms with Crippen molar-refractivity contribution in [3.8, 4) is 16.9 Å². The Bertz CT molecular complexity index is 1420. The van der Waals surface area contributed by atoms with Crippen LogP contribution < -0.4 is 4.74 Å². The molecule has 2 aliphatic rings. The normalized spacial score (nSPS) is 17.0. The van der Waals surface area contributed by atoms with Gasteiger partial charge in [-0.15, -0.1) is 0 Å². The molecule has 0 radical (unpaired) electrons. The van der Waals surface area contributed by atoms with Gasteiger partial charge in [0.15, 0.2) is 0 Å². The maximum atomic E-state index is 15.0. The molecular formula is C34H35F3O3. The lowest BCUT2D eigenvalue weighted by atomic mass is 9.79. The van der Waals surface area contributed by atoms with E-state index in [2.05, 4.69) is 19.9 Å². The number of carbonyl (C=O) groups excluding carboxylic acids is 1. The van der Waals surface area contributed by atoms with Gasteiger partial charge in [0.05, 0.1) is 13.5 Å². The van der Waals surface area contributed by atoms with Crippen molar-refractivity contribution in [1.82, 2.24) is 0 Å². The molecule has 1 fully saturated rings. The molecule has 2 aliphatic carbocycles. The van der Waals surface area contributed by atoms with Crippen LogP contribution in [0, 0.1) is 17.2 Å². The molecule has 0 heterocycles. The van der Waals surface area contributed by atoms with E-state index in [1.807, 2.05) is 42.5 Å². The zero-order valence-electron chi connectivity index (χ0n) is 23.2. The molecule has 0 aliphatic heterocycles. The molecular weight excluding hydrogens is 513 g/mol. The number of alkyl halides is 2. The van der Waals surface area contributed by atoms with Gasteiger partial charge in [0.1, 0.15) is 18.2 Å².